The van der Waals surface area contributed by atoms with Gasteiger partial charge in [-0.3, -0.25) is 9.59 Å². The van der Waals surface area contributed by atoms with Crippen molar-refractivity contribution in [2.75, 3.05) is 5.32 Å². The molecule has 4 heteroatoms. The number of pyridine rings is 1. The zero-order valence-electron chi connectivity index (χ0n) is 16.3. The topological polar surface area (TPSA) is 62.0 Å². The molecule has 0 saturated heterocycles. The van der Waals surface area contributed by atoms with Gasteiger partial charge in [-0.1, -0.05) is 51.5 Å². The van der Waals surface area contributed by atoms with Crippen molar-refractivity contribution in [3.63, 3.8) is 0 Å². The van der Waals surface area contributed by atoms with E-state index in [4.69, 9.17) is 0 Å². The number of hydrogen-bond donors (Lipinski definition) is 2. The first kappa shape index (κ1) is 19.7. The predicted molar refractivity (Wildman–Crippen MR) is 110 cm³/mol. The van der Waals surface area contributed by atoms with Crippen LogP contribution >= 0.6 is 0 Å². The minimum atomic E-state index is -0.196. The Hall–Kier alpha value is -2.62. The van der Waals surface area contributed by atoms with Crippen LogP contribution in [0.3, 0.4) is 0 Å². The molecular formula is C22H28N2O2. The molecule has 2 aliphatic rings. The van der Waals surface area contributed by atoms with Gasteiger partial charge in [0.15, 0.2) is 5.78 Å². The fraction of sp³-hybridized carbons (Fsp3) is 0.364. The molecule has 0 fully saturated rings. The lowest BCUT2D eigenvalue weighted by atomic mass is 9.88. The number of rotatable bonds is 0. The van der Waals surface area contributed by atoms with Crippen LogP contribution in [0.4, 0.5) is 5.69 Å². The fourth-order valence-electron chi connectivity index (χ4n) is 3.22. The predicted octanol–water partition coefficient (Wildman–Crippen LogP) is 5.43. The second-order valence-corrected chi connectivity index (χ2v) is 5.97. The van der Waals surface area contributed by atoms with E-state index < -0.39 is 0 Å². The third-order valence-corrected chi connectivity index (χ3v) is 4.49. The Morgan fingerprint density at radius 1 is 1.00 bits per heavy atom. The summed E-state index contributed by atoms with van der Waals surface area (Å²) in [7, 11) is 0. The van der Waals surface area contributed by atoms with E-state index >= 15 is 0 Å². The van der Waals surface area contributed by atoms with E-state index in [1.807, 2.05) is 58.0 Å². The number of anilines is 1. The number of hydrogen-bond acceptors (Lipinski definition) is 3. The molecule has 2 N–H and O–H groups in total. The molecule has 0 bridgehead atoms. The van der Waals surface area contributed by atoms with Gasteiger partial charge in [0, 0.05) is 16.6 Å². The standard InChI is InChI=1S/C18H16N2O2.2C2H6/c1-10-6-8-12-14(9-7-10)20-15-16(18(12)22)19-13-5-3-2-4-11(13)17(15)21;2*1-2/h2-5,7,9,12,20H,6,8H2,1H3,(H,19,21);2*1-2H3. The fourth-order valence-corrected chi connectivity index (χ4v) is 3.22. The number of H-pyrrole nitrogens is 1. The molecule has 0 radical (unpaired) electrons. The van der Waals surface area contributed by atoms with Gasteiger partial charge < -0.3 is 10.3 Å². The summed E-state index contributed by atoms with van der Waals surface area (Å²) in [6.45, 7) is 10.1. The molecule has 1 aromatic carbocycles. The van der Waals surface area contributed by atoms with Gasteiger partial charge in [0.2, 0.25) is 5.43 Å². The zero-order chi connectivity index (χ0) is 19.3. The third kappa shape index (κ3) is 3.50. The van der Waals surface area contributed by atoms with Crippen molar-refractivity contribution in [1.29, 1.82) is 0 Å². The van der Waals surface area contributed by atoms with Gasteiger partial charge in [-0.2, -0.15) is 0 Å². The maximum Gasteiger partial charge on any atom is 0.213 e. The monoisotopic (exact) mass is 352 g/mol. The molecule has 2 heterocycles. The van der Waals surface area contributed by atoms with Gasteiger partial charge in [0.25, 0.3) is 0 Å². The molecule has 1 unspecified atom stereocenters. The molecule has 2 aromatic rings. The maximum atomic E-state index is 12.8. The number of aromatic amines is 1. The van der Waals surface area contributed by atoms with Crippen molar-refractivity contribution < 1.29 is 4.79 Å². The maximum absolute atomic E-state index is 12.8. The van der Waals surface area contributed by atoms with Crippen LogP contribution in [-0.2, 0) is 0 Å². The highest BCUT2D eigenvalue weighted by Crippen LogP contribution is 2.34. The van der Waals surface area contributed by atoms with Crippen LogP contribution in [0.1, 0.15) is 57.9 Å². The summed E-state index contributed by atoms with van der Waals surface area (Å²) >= 11 is 0. The molecule has 1 atom stereocenters. The van der Waals surface area contributed by atoms with Crippen LogP contribution < -0.4 is 10.7 Å². The number of allylic oxidation sites excluding steroid dienone is 4. The van der Waals surface area contributed by atoms with Gasteiger partial charge in [0.1, 0.15) is 11.4 Å². The lowest BCUT2D eigenvalue weighted by molar-refractivity contribution is 0.0927. The van der Waals surface area contributed by atoms with Gasteiger partial charge in [0.05, 0.1) is 5.92 Å². The summed E-state index contributed by atoms with van der Waals surface area (Å²) < 4.78 is 0. The van der Waals surface area contributed by atoms with Gasteiger partial charge in [-0.25, -0.2) is 0 Å². The Balaban J connectivity index is 0.000000570. The Morgan fingerprint density at radius 3 is 2.42 bits per heavy atom. The number of benzene rings is 1. The molecular weight excluding hydrogens is 324 g/mol. The highest BCUT2D eigenvalue weighted by Gasteiger charge is 2.34. The minimum Gasteiger partial charge on any atom is -0.353 e. The number of carbonyl (C=O) groups is 1. The summed E-state index contributed by atoms with van der Waals surface area (Å²) in [5.74, 6) is -0.191. The largest absolute Gasteiger partial charge is 0.353 e. The first-order valence-electron chi connectivity index (χ1n) is 9.49. The van der Waals surface area contributed by atoms with Crippen molar-refractivity contribution in [1.82, 2.24) is 4.98 Å². The number of Topliss-reactive ketones (excluding diaryl/α,β-unsaturated/α-hetero) is 1. The third-order valence-electron chi connectivity index (χ3n) is 4.49. The van der Waals surface area contributed by atoms with E-state index in [0.29, 0.717) is 22.3 Å². The molecule has 1 aliphatic heterocycles. The summed E-state index contributed by atoms with van der Waals surface area (Å²) in [5.41, 5.74) is 3.44. The number of ketones is 1. The zero-order valence-corrected chi connectivity index (χ0v) is 16.3. The first-order chi connectivity index (χ1) is 12.6. The van der Waals surface area contributed by atoms with Crippen LogP contribution in [0, 0.1) is 5.92 Å². The lowest BCUT2D eigenvalue weighted by Gasteiger charge is -2.26. The van der Waals surface area contributed by atoms with Gasteiger partial charge >= 0.3 is 0 Å². The van der Waals surface area contributed by atoms with Crippen LogP contribution in [0.25, 0.3) is 10.9 Å². The molecule has 0 amide bonds. The summed E-state index contributed by atoms with van der Waals surface area (Å²) in [5, 5.41) is 3.80. The minimum absolute atomic E-state index is 0.00551. The summed E-state index contributed by atoms with van der Waals surface area (Å²) in [6, 6.07) is 7.29. The van der Waals surface area contributed by atoms with Crippen LogP contribution in [-0.4, -0.2) is 10.8 Å². The normalized spacial score (nSPS) is 17.7. The molecule has 138 valence electrons. The summed E-state index contributed by atoms with van der Waals surface area (Å²) in [6.07, 6.45) is 5.62. The van der Waals surface area contributed by atoms with Crippen molar-refractivity contribution in [2.45, 2.75) is 47.5 Å². The first-order valence-corrected chi connectivity index (χ1v) is 9.49. The molecule has 26 heavy (non-hydrogen) atoms. The molecule has 0 spiro atoms. The number of aromatic nitrogens is 1. The lowest BCUT2D eigenvalue weighted by Crippen LogP contribution is -2.32. The highest BCUT2D eigenvalue weighted by molar-refractivity contribution is 6.07. The molecule has 0 saturated carbocycles. The smallest absolute Gasteiger partial charge is 0.213 e. The van der Waals surface area contributed by atoms with Crippen LogP contribution in [0.2, 0.25) is 0 Å². The molecule has 4 rings (SSSR count). The van der Waals surface area contributed by atoms with E-state index in [-0.39, 0.29) is 17.1 Å². The van der Waals surface area contributed by atoms with E-state index in [1.54, 1.807) is 6.07 Å². The van der Waals surface area contributed by atoms with Crippen LogP contribution in [0.15, 0.2) is 52.5 Å². The average molecular weight is 352 g/mol. The van der Waals surface area contributed by atoms with E-state index in [9.17, 15) is 9.59 Å². The number of para-hydroxylation sites is 1. The molecule has 1 aromatic heterocycles. The Kier molecular flexibility index (Phi) is 6.56. The number of fused-ring (bicyclic) bond motifs is 3. The van der Waals surface area contributed by atoms with Gasteiger partial charge in [-0.05, 0) is 38.0 Å². The Morgan fingerprint density at radius 2 is 1.69 bits per heavy atom. The second-order valence-electron chi connectivity index (χ2n) is 5.97. The quantitative estimate of drug-likeness (QED) is 0.664. The van der Waals surface area contributed by atoms with Gasteiger partial charge in [-0.15, -0.1) is 0 Å². The average Bonchev–Trinajstić information content (AvgIpc) is 2.88. The molecule has 4 nitrogen and oxygen atoms in total. The van der Waals surface area contributed by atoms with Crippen molar-refractivity contribution in [3.05, 3.63) is 63.6 Å². The van der Waals surface area contributed by atoms with E-state index in [2.05, 4.69) is 17.2 Å². The SMILES string of the molecule is CC.CC.CC1=CC=C2Nc3c([nH]c4ccccc4c3=O)C(=O)C2CC1. The summed E-state index contributed by atoms with van der Waals surface area (Å²) in [4.78, 5) is 28.6. The number of nitrogens with one attached hydrogen (secondary N) is 2. The number of carbonyl (C=O) groups excluding carboxylic acids is 1. The second kappa shape index (κ2) is 8.65. The van der Waals surface area contributed by atoms with E-state index in [1.165, 1.54) is 5.57 Å². The van der Waals surface area contributed by atoms with Crippen molar-refractivity contribution in [2.24, 2.45) is 5.92 Å². The van der Waals surface area contributed by atoms with Crippen molar-refractivity contribution >= 4 is 22.4 Å². The molecule has 1 aliphatic carbocycles. The highest BCUT2D eigenvalue weighted by atomic mass is 16.1. The van der Waals surface area contributed by atoms with E-state index in [0.717, 1.165) is 18.5 Å². The Bertz CT molecular complexity index is 919. The Labute approximate surface area is 155 Å². The van der Waals surface area contributed by atoms with Crippen molar-refractivity contribution in [3.8, 4) is 0 Å². The van der Waals surface area contributed by atoms with Crippen LogP contribution in [0.5, 0.6) is 0 Å².